The van der Waals surface area contributed by atoms with E-state index in [1.165, 1.54) is 0 Å². The highest BCUT2D eigenvalue weighted by atomic mass is 79.9. The number of benzene rings is 2. The Kier molecular flexibility index (Phi) is 6.62. The van der Waals surface area contributed by atoms with Crippen molar-refractivity contribution in [3.8, 4) is 5.75 Å². The highest BCUT2D eigenvalue weighted by molar-refractivity contribution is 9.10. The highest BCUT2D eigenvalue weighted by Gasteiger charge is 2.07. The molecule has 0 aromatic heterocycles. The number of hydrogen-bond donors (Lipinski definition) is 2. The highest BCUT2D eigenvalue weighted by Crippen LogP contribution is 2.21. The lowest BCUT2D eigenvalue weighted by molar-refractivity contribution is -0.124. The smallest absolute Gasteiger partial charge is 0.426 e. The summed E-state index contributed by atoms with van der Waals surface area (Å²) >= 11 is 3.39. The van der Waals surface area contributed by atoms with Crippen LogP contribution in [0.4, 0.5) is 4.79 Å². The maximum Gasteiger partial charge on any atom is 0.426 e. The van der Waals surface area contributed by atoms with Gasteiger partial charge in [0, 0.05) is 4.47 Å². The van der Waals surface area contributed by atoms with Crippen LogP contribution in [0.3, 0.4) is 0 Å². The molecule has 7 heteroatoms. The number of amides is 2. The lowest BCUT2D eigenvalue weighted by atomic mass is 10.2. The molecule has 126 valence electrons. The van der Waals surface area contributed by atoms with Gasteiger partial charge in [-0.3, -0.25) is 10.2 Å². The van der Waals surface area contributed by atoms with E-state index in [0.29, 0.717) is 5.75 Å². The number of nitrogens with one attached hydrogen (secondary N) is 2. The third-order valence-corrected chi connectivity index (χ3v) is 3.91. The molecule has 6 nitrogen and oxygen atoms in total. The number of rotatable bonds is 5. The molecule has 0 heterocycles. The van der Waals surface area contributed by atoms with E-state index >= 15 is 0 Å². The summed E-state index contributed by atoms with van der Waals surface area (Å²) in [5.41, 5.74) is 6.23. The molecule has 2 rings (SSSR count). The number of hydrazine groups is 1. The van der Waals surface area contributed by atoms with E-state index in [-0.39, 0.29) is 13.2 Å². The van der Waals surface area contributed by atoms with Gasteiger partial charge in [-0.15, -0.1) is 0 Å². The summed E-state index contributed by atoms with van der Waals surface area (Å²) in [6.07, 6.45) is -0.744. The van der Waals surface area contributed by atoms with E-state index in [0.717, 1.165) is 15.6 Å². The van der Waals surface area contributed by atoms with Gasteiger partial charge >= 0.3 is 6.09 Å². The van der Waals surface area contributed by atoms with E-state index in [1.54, 1.807) is 12.1 Å². The van der Waals surface area contributed by atoms with Gasteiger partial charge in [0.15, 0.2) is 6.61 Å². The maximum absolute atomic E-state index is 11.6. The predicted molar refractivity (Wildman–Crippen MR) is 92.3 cm³/mol. The zero-order chi connectivity index (χ0) is 17.4. The molecule has 0 saturated heterocycles. The van der Waals surface area contributed by atoms with Crippen molar-refractivity contribution in [2.75, 3.05) is 6.61 Å². The molecule has 2 aromatic rings. The molecular weight excluding hydrogens is 376 g/mol. The van der Waals surface area contributed by atoms with Gasteiger partial charge < -0.3 is 9.47 Å². The molecular formula is C17H17BrN2O4. The monoisotopic (exact) mass is 392 g/mol. The lowest BCUT2D eigenvalue weighted by Crippen LogP contribution is -2.44. The number of carbonyl (C=O) groups excluding carboxylic acids is 2. The number of ether oxygens (including phenoxy) is 2. The van der Waals surface area contributed by atoms with Gasteiger partial charge in [-0.25, -0.2) is 10.2 Å². The first kappa shape index (κ1) is 17.8. The standard InChI is InChI=1S/C17H17BrN2O4/c1-12-9-14(7-8-15(12)18)23-11-16(21)19-20-17(22)24-10-13-5-3-2-4-6-13/h2-9H,10-11H2,1H3,(H,19,21)(H,20,22). The van der Waals surface area contributed by atoms with Gasteiger partial charge in [-0.1, -0.05) is 46.3 Å². The minimum atomic E-state index is -0.744. The minimum absolute atomic E-state index is 0.122. The zero-order valence-electron chi connectivity index (χ0n) is 13.0. The molecule has 0 atom stereocenters. The van der Waals surface area contributed by atoms with E-state index in [1.807, 2.05) is 43.3 Å². The average Bonchev–Trinajstić information content (AvgIpc) is 2.60. The fraction of sp³-hybridized carbons (Fsp3) is 0.176. The van der Waals surface area contributed by atoms with Crippen LogP contribution in [0.1, 0.15) is 11.1 Å². The number of halogens is 1. The SMILES string of the molecule is Cc1cc(OCC(=O)NNC(=O)OCc2ccccc2)ccc1Br. The summed E-state index contributed by atoms with van der Waals surface area (Å²) in [5, 5.41) is 0. The summed E-state index contributed by atoms with van der Waals surface area (Å²) in [4.78, 5) is 23.1. The van der Waals surface area contributed by atoms with Gasteiger partial charge in [0.25, 0.3) is 5.91 Å². The minimum Gasteiger partial charge on any atom is -0.484 e. The van der Waals surface area contributed by atoms with Gasteiger partial charge in [0.2, 0.25) is 0 Å². The van der Waals surface area contributed by atoms with Crippen molar-refractivity contribution >= 4 is 27.9 Å². The van der Waals surface area contributed by atoms with Gasteiger partial charge in [0.1, 0.15) is 12.4 Å². The summed E-state index contributed by atoms with van der Waals surface area (Å²) in [6.45, 7) is 1.82. The fourth-order valence-corrected chi connectivity index (χ4v) is 2.02. The van der Waals surface area contributed by atoms with Crippen molar-refractivity contribution in [2.45, 2.75) is 13.5 Å². The number of carbonyl (C=O) groups is 2. The Bertz CT molecular complexity index is 707. The third-order valence-electron chi connectivity index (χ3n) is 3.02. The first-order valence-electron chi connectivity index (χ1n) is 7.19. The molecule has 0 spiro atoms. The van der Waals surface area contributed by atoms with Crippen LogP contribution in [0.2, 0.25) is 0 Å². The molecule has 0 unspecified atom stereocenters. The average molecular weight is 393 g/mol. The largest absolute Gasteiger partial charge is 0.484 e. The van der Waals surface area contributed by atoms with Crippen LogP contribution in [0.25, 0.3) is 0 Å². The molecule has 0 aliphatic carbocycles. The van der Waals surface area contributed by atoms with Crippen molar-refractivity contribution < 1.29 is 19.1 Å². The first-order valence-corrected chi connectivity index (χ1v) is 7.98. The van der Waals surface area contributed by atoms with Crippen molar-refractivity contribution in [1.82, 2.24) is 10.9 Å². The summed E-state index contributed by atoms with van der Waals surface area (Å²) in [6, 6.07) is 14.6. The Morgan fingerprint density at radius 3 is 2.54 bits per heavy atom. The molecule has 2 N–H and O–H groups in total. The molecule has 0 saturated carbocycles. The second-order valence-corrected chi connectivity index (χ2v) is 5.79. The first-order chi connectivity index (χ1) is 11.5. The molecule has 0 fully saturated rings. The Labute approximate surface area is 148 Å². The lowest BCUT2D eigenvalue weighted by Gasteiger charge is -2.10. The number of aryl methyl sites for hydroxylation is 1. The fourth-order valence-electron chi connectivity index (χ4n) is 1.77. The van der Waals surface area contributed by atoms with Gasteiger partial charge in [0.05, 0.1) is 0 Å². The quantitative estimate of drug-likeness (QED) is 0.766. The molecule has 24 heavy (non-hydrogen) atoms. The molecule has 0 aliphatic rings. The van der Waals surface area contributed by atoms with E-state index in [4.69, 9.17) is 9.47 Å². The van der Waals surface area contributed by atoms with Crippen molar-refractivity contribution in [3.63, 3.8) is 0 Å². The summed E-state index contributed by atoms with van der Waals surface area (Å²) < 4.78 is 11.3. The van der Waals surface area contributed by atoms with Crippen molar-refractivity contribution in [3.05, 3.63) is 64.1 Å². The summed E-state index contributed by atoms with van der Waals surface area (Å²) in [5.74, 6) is 0.0738. The van der Waals surface area contributed by atoms with Crippen LogP contribution >= 0.6 is 15.9 Å². The Morgan fingerprint density at radius 1 is 1.08 bits per heavy atom. The van der Waals surface area contributed by atoms with E-state index < -0.39 is 12.0 Å². The molecule has 2 amide bonds. The topological polar surface area (TPSA) is 76.7 Å². The van der Waals surface area contributed by atoms with Crippen molar-refractivity contribution in [2.24, 2.45) is 0 Å². The van der Waals surface area contributed by atoms with Crippen LogP contribution in [-0.4, -0.2) is 18.6 Å². The van der Waals surface area contributed by atoms with Crippen LogP contribution in [0.5, 0.6) is 5.75 Å². The third kappa shape index (κ3) is 5.92. The second kappa shape index (κ2) is 8.93. The Hall–Kier alpha value is -2.54. The van der Waals surface area contributed by atoms with Crippen LogP contribution < -0.4 is 15.6 Å². The van der Waals surface area contributed by atoms with Crippen LogP contribution in [0, 0.1) is 6.92 Å². The molecule has 0 bridgehead atoms. The number of hydrogen-bond acceptors (Lipinski definition) is 4. The molecule has 0 radical (unpaired) electrons. The Morgan fingerprint density at radius 2 is 1.83 bits per heavy atom. The van der Waals surface area contributed by atoms with Crippen molar-refractivity contribution in [1.29, 1.82) is 0 Å². The molecule has 2 aromatic carbocycles. The van der Waals surface area contributed by atoms with Crippen LogP contribution in [0.15, 0.2) is 53.0 Å². The van der Waals surface area contributed by atoms with Gasteiger partial charge in [-0.2, -0.15) is 0 Å². The predicted octanol–water partition coefficient (Wildman–Crippen LogP) is 3.09. The zero-order valence-corrected chi connectivity index (χ0v) is 14.6. The summed E-state index contributed by atoms with van der Waals surface area (Å²) in [7, 11) is 0. The molecule has 0 aliphatic heterocycles. The van der Waals surface area contributed by atoms with Crippen LogP contribution in [-0.2, 0) is 16.1 Å². The van der Waals surface area contributed by atoms with Gasteiger partial charge in [-0.05, 0) is 36.2 Å². The van der Waals surface area contributed by atoms with E-state index in [9.17, 15) is 9.59 Å². The maximum atomic E-state index is 11.6. The normalized spacial score (nSPS) is 9.92. The Balaban J connectivity index is 1.67. The van der Waals surface area contributed by atoms with E-state index in [2.05, 4.69) is 26.8 Å². The second-order valence-electron chi connectivity index (χ2n) is 4.93.